The molecule has 0 radical (unpaired) electrons. The SMILES string of the molecule is COc1ccccc1-n1c(-c2ccccc2)nc(C(=O)NCCCN2CCN(c3cccc(C)c3C)CC2)c1C. The van der Waals surface area contributed by atoms with Crippen LogP contribution in [-0.4, -0.2) is 66.7 Å². The quantitative estimate of drug-likeness (QED) is 0.289. The Morgan fingerprint density at radius 2 is 1.57 bits per heavy atom. The van der Waals surface area contributed by atoms with Crippen LogP contribution in [0.5, 0.6) is 5.75 Å². The minimum absolute atomic E-state index is 0.150. The average Bonchev–Trinajstić information content (AvgIpc) is 3.34. The van der Waals surface area contributed by atoms with Crippen molar-refractivity contribution in [1.29, 1.82) is 0 Å². The second-order valence-corrected chi connectivity index (χ2v) is 10.4. The standard InChI is InChI=1S/C33H39N5O2/c1-24-12-10-16-28(25(24)2)37-22-20-36(21-23-37)19-11-18-34-33(39)31-26(3)38(29-15-8-9-17-30(29)40-4)32(35-31)27-13-6-5-7-14-27/h5-10,12-17H,11,18-23H2,1-4H3,(H,34,39). The van der Waals surface area contributed by atoms with Gasteiger partial charge in [-0.05, 0) is 63.1 Å². The molecular formula is C33H39N5O2. The second-order valence-electron chi connectivity index (χ2n) is 10.4. The highest BCUT2D eigenvalue weighted by molar-refractivity contribution is 5.94. The van der Waals surface area contributed by atoms with Crippen molar-refractivity contribution < 1.29 is 9.53 Å². The number of methoxy groups -OCH3 is 1. The Kier molecular flexibility index (Phi) is 8.51. The van der Waals surface area contributed by atoms with Crippen LogP contribution in [0.3, 0.4) is 0 Å². The van der Waals surface area contributed by atoms with Gasteiger partial charge in [0.15, 0.2) is 0 Å². The number of para-hydroxylation sites is 2. The third-order valence-corrected chi connectivity index (χ3v) is 7.91. The Labute approximate surface area is 237 Å². The van der Waals surface area contributed by atoms with E-state index in [1.54, 1.807) is 7.11 Å². The van der Waals surface area contributed by atoms with Gasteiger partial charge in [-0.2, -0.15) is 0 Å². The summed E-state index contributed by atoms with van der Waals surface area (Å²) in [6, 6.07) is 24.3. The van der Waals surface area contributed by atoms with E-state index in [2.05, 4.69) is 47.2 Å². The van der Waals surface area contributed by atoms with Crippen LogP contribution in [0.15, 0.2) is 72.8 Å². The molecule has 0 atom stereocenters. The fourth-order valence-corrected chi connectivity index (χ4v) is 5.49. The van der Waals surface area contributed by atoms with E-state index < -0.39 is 0 Å². The first-order valence-corrected chi connectivity index (χ1v) is 14.1. The first-order chi connectivity index (χ1) is 19.5. The molecule has 1 saturated heterocycles. The van der Waals surface area contributed by atoms with Crippen LogP contribution in [0.4, 0.5) is 5.69 Å². The number of imidazole rings is 1. The molecular weight excluding hydrogens is 498 g/mol. The van der Waals surface area contributed by atoms with Gasteiger partial charge in [0.05, 0.1) is 18.5 Å². The summed E-state index contributed by atoms with van der Waals surface area (Å²) in [6.07, 6.45) is 0.896. The van der Waals surface area contributed by atoms with Crippen LogP contribution in [0, 0.1) is 20.8 Å². The number of ether oxygens (including phenoxy) is 1. The van der Waals surface area contributed by atoms with Crippen LogP contribution in [0.2, 0.25) is 0 Å². The zero-order valence-electron chi connectivity index (χ0n) is 24.0. The van der Waals surface area contributed by atoms with Gasteiger partial charge in [0, 0.05) is 44.0 Å². The molecule has 2 heterocycles. The lowest BCUT2D eigenvalue weighted by atomic mass is 10.1. The van der Waals surface area contributed by atoms with Crippen molar-refractivity contribution in [3.63, 3.8) is 0 Å². The Bertz CT molecular complexity index is 1460. The number of aryl methyl sites for hydroxylation is 1. The van der Waals surface area contributed by atoms with E-state index in [0.29, 0.717) is 12.2 Å². The highest BCUT2D eigenvalue weighted by Crippen LogP contribution is 2.31. The number of hydrogen-bond acceptors (Lipinski definition) is 5. The van der Waals surface area contributed by atoms with E-state index in [0.717, 1.165) is 67.7 Å². The van der Waals surface area contributed by atoms with E-state index in [9.17, 15) is 4.79 Å². The molecule has 0 bridgehead atoms. The number of nitrogens with zero attached hydrogens (tertiary/aromatic N) is 4. The van der Waals surface area contributed by atoms with Crippen molar-refractivity contribution in [2.75, 3.05) is 51.3 Å². The first kappa shape index (κ1) is 27.5. The molecule has 3 aromatic carbocycles. The summed E-state index contributed by atoms with van der Waals surface area (Å²) in [5, 5.41) is 3.12. The third kappa shape index (κ3) is 5.75. The highest BCUT2D eigenvalue weighted by atomic mass is 16.5. The van der Waals surface area contributed by atoms with Gasteiger partial charge in [-0.25, -0.2) is 4.98 Å². The van der Waals surface area contributed by atoms with Crippen molar-refractivity contribution >= 4 is 11.6 Å². The van der Waals surface area contributed by atoms with Crippen molar-refractivity contribution in [1.82, 2.24) is 19.8 Å². The first-order valence-electron chi connectivity index (χ1n) is 14.1. The van der Waals surface area contributed by atoms with E-state index in [-0.39, 0.29) is 5.91 Å². The number of piperazine rings is 1. The summed E-state index contributed by atoms with van der Waals surface area (Å²) in [5.41, 5.74) is 7.08. The number of amides is 1. The smallest absolute Gasteiger partial charge is 0.271 e. The number of anilines is 1. The minimum atomic E-state index is -0.150. The normalized spacial score (nSPS) is 13.8. The fraction of sp³-hybridized carbons (Fsp3) is 0.333. The summed E-state index contributed by atoms with van der Waals surface area (Å²) < 4.78 is 7.65. The van der Waals surface area contributed by atoms with Gasteiger partial charge in [-0.3, -0.25) is 14.3 Å². The molecule has 1 aliphatic rings. The lowest BCUT2D eigenvalue weighted by Crippen LogP contribution is -2.47. The summed E-state index contributed by atoms with van der Waals surface area (Å²) in [6.45, 7) is 12.0. The molecule has 0 saturated carbocycles. The molecule has 0 aliphatic carbocycles. The van der Waals surface area contributed by atoms with Gasteiger partial charge in [0.1, 0.15) is 17.3 Å². The molecule has 1 aliphatic heterocycles. The van der Waals surface area contributed by atoms with Gasteiger partial charge in [0.2, 0.25) is 0 Å². The summed E-state index contributed by atoms with van der Waals surface area (Å²) in [7, 11) is 1.66. The van der Waals surface area contributed by atoms with Gasteiger partial charge in [0.25, 0.3) is 5.91 Å². The predicted octanol–water partition coefficient (Wildman–Crippen LogP) is 5.42. The molecule has 1 N–H and O–H groups in total. The number of hydrogen-bond donors (Lipinski definition) is 1. The van der Waals surface area contributed by atoms with Gasteiger partial charge < -0.3 is 15.0 Å². The van der Waals surface area contributed by atoms with Crippen LogP contribution in [0.1, 0.15) is 33.7 Å². The molecule has 1 amide bonds. The van der Waals surface area contributed by atoms with E-state index in [4.69, 9.17) is 9.72 Å². The zero-order valence-corrected chi connectivity index (χ0v) is 24.0. The lowest BCUT2D eigenvalue weighted by Gasteiger charge is -2.37. The number of rotatable bonds is 9. The van der Waals surface area contributed by atoms with Crippen LogP contribution in [-0.2, 0) is 0 Å². The van der Waals surface area contributed by atoms with Crippen molar-refractivity contribution in [2.45, 2.75) is 27.2 Å². The number of carbonyl (C=O) groups excluding carboxylic acids is 1. The van der Waals surface area contributed by atoms with Gasteiger partial charge in [-0.1, -0.05) is 54.6 Å². The van der Waals surface area contributed by atoms with E-state index in [1.807, 2.05) is 66.1 Å². The fourth-order valence-electron chi connectivity index (χ4n) is 5.49. The maximum atomic E-state index is 13.3. The molecule has 5 rings (SSSR count). The lowest BCUT2D eigenvalue weighted by molar-refractivity contribution is 0.0946. The van der Waals surface area contributed by atoms with Gasteiger partial charge in [-0.15, -0.1) is 0 Å². The van der Waals surface area contributed by atoms with Crippen molar-refractivity contribution in [3.8, 4) is 22.8 Å². The maximum Gasteiger partial charge on any atom is 0.271 e. The minimum Gasteiger partial charge on any atom is -0.495 e. The molecule has 7 heteroatoms. The molecule has 7 nitrogen and oxygen atoms in total. The third-order valence-electron chi connectivity index (χ3n) is 7.91. The van der Waals surface area contributed by atoms with Crippen LogP contribution >= 0.6 is 0 Å². The zero-order chi connectivity index (χ0) is 28.1. The Balaban J connectivity index is 1.22. The summed E-state index contributed by atoms with van der Waals surface area (Å²) in [4.78, 5) is 23.1. The van der Waals surface area contributed by atoms with Crippen molar-refractivity contribution in [3.05, 3.63) is 95.3 Å². The maximum absolute atomic E-state index is 13.3. The van der Waals surface area contributed by atoms with Gasteiger partial charge >= 0.3 is 0 Å². The number of aromatic nitrogens is 2. The van der Waals surface area contributed by atoms with E-state index >= 15 is 0 Å². The Hall–Kier alpha value is -4.10. The highest BCUT2D eigenvalue weighted by Gasteiger charge is 2.23. The Morgan fingerprint density at radius 1 is 0.875 bits per heavy atom. The van der Waals surface area contributed by atoms with Crippen LogP contribution < -0.4 is 15.0 Å². The second kappa shape index (κ2) is 12.4. The van der Waals surface area contributed by atoms with E-state index in [1.165, 1.54) is 16.8 Å². The molecule has 0 unspecified atom stereocenters. The Morgan fingerprint density at radius 3 is 2.33 bits per heavy atom. The molecule has 40 heavy (non-hydrogen) atoms. The monoisotopic (exact) mass is 537 g/mol. The number of nitrogens with one attached hydrogen (secondary N) is 1. The predicted molar refractivity (Wildman–Crippen MR) is 162 cm³/mol. The molecule has 0 spiro atoms. The van der Waals surface area contributed by atoms with Crippen LogP contribution in [0.25, 0.3) is 17.1 Å². The largest absolute Gasteiger partial charge is 0.495 e. The topological polar surface area (TPSA) is 62.6 Å². The number of carbonyl (C=O) groups is 1. The average molecular weight is 538 g/mol. The molecule has 1 fully saturated rings. The van der Waals surface area contributed by atoms with Crippen molar-refractivity contribution in [2.24, 2.45) is 0 Å². The molecule has 208 valence electrons. The summed E-state index contributed by atoms with van der Waals surface area (Å²) in [5.74, 6) is 1.29. The molecule has 4 aromatic rings. The molecule has 1 aromatic heterocycles. The number of benzene rings is 3. The summed E-state index contributed by atoms with van der Waals surface area (Å²) >= 11 is 0.